The van der Waals surface area contributed by atoms with E-state index in [0.29, 0.717) is 23.7 Å². The van der Waals surface area contributed by atoms with Crippen molar-refractivity contribution in [3.8, 4) is 0 Å². The van der Waals surface area contributed by atoms with Gasteiger partial charge >= 0.3 is 0 Å². The summed E-state index contributed by atoms with van der Waals surface area (Å²) in [4.78, 5) is 10.5. The SMILES string of the molecule is Cn1cc(CNCc2c(Cl)cccc2[N+](=O)[O-])cn1. The molecule has 100 valence electrons. The molecule has 0 amide bonds. The Morgan fingerprint density at radius 3 is 2.89 bits per heavy atom. The molecule has 0 unspecified atom stereocenters. The number of halogens is 1. The van der Waals surface area contributed by atoms with Gasteiger partial charge in [0.1, 0.15) is 0 Å². The van der Waals surface area contributed by atoms with Crippen LogP contribution in [0, 0.1) is 10.1 Å². The van der Waals surface area contributed by atoms with Crippen molar-refractivity contribution in [2.45, 2.75) is 13.1 Å². The summed E-state index contributed by atoms with van der Waals surface area (Å²) in [6, 6.07) is 4.67. The van der Waals surface area contributed by atoms with Gasteiger partial charge in [0.15, 0.2) is 0 Å². The van der Waals surface area contributed by atoms with E-state index in [9.17, 15) is 10.1 Å². The van der Waals surface area contributed by atoms with Crippen molar-refractivity contribution in [1.82, 2.24) is 15.1 Å². The minimum Gasteiger partial charge on any atom is -0.308 e. The van der Waals surface area contributed by atoms with Crippen LogP contribution in [0.15, 0.2) is 30.6 Å². The second kappa shape index (κ2) is 5.81. The highest BCUT2D eigenvalue weighted by atomic mass is 35.5. The first-order valence-electron chi connectivity index (χ1n) is 5.68. The third-order valence-corrected chi connectivity index (χ3v) is 3.03. The summed E-state index contributed by atoms with van der Waals surface area (Å²) < 4.78 is 1.70. The molecule has 0 aliphatic carbocycles. The van der Waals surface area contributed by atoms with Crippen LogP contribution in [-0.2, 0) is 20.1 Å². The quantitative estimate of drug-likeness (QED) is 0.673. The number of nitrogens with one attached hydrogen (secondary N) is 1. The molecular weight excluding hydrogens is 268 g/mol. The molecule has 0 aliphatic rings. The number of hydrogen-bond acceptors (Lipinski definition) is 4. The van der Waals surface area contributed by atoms with E-state index in [4.69, 9.17) is 11.6 Å². The van der Waals surface area contributed by atoms with E-state index in [1.807, 2.05) is 13.2 Å². The number of nitrogens with zero attached hydrogens (tertiary/aromatic N) is 3. The number of nitro groups is 1. The van der Waals surface area contributed by atoms with Gasteiger partial charge in [-0.15, -0.1) is 0 Å². The average Bonchev–Trinajstić information content (AvgIpc) is 2.77. The highest BCUT2D eigenvalue weighted by Gasteiger charge is 2.15. The molecule has 1 heterocycles. The first-order chi connectivity index (χ1) is 9.08. The molecule has 19 heavy (non-hydrogen) atoms. The van der Waals surface area contributed by atoms with E-state index in [-0.39, 0.29) is 5.69 Å². The molecular formula is C12H13ClN4O2. The second-order valence-corrected chi connectivity index (χ2v) is 4.53. The molecule has 0 radical (unpaired) electrons. The molecule has 0 bridgehead atoms. The zero-order chi connectivity index (χ0) is 13.8. The Morgan fingerprint density at radius 1 is 1.47 bits per heavy atom. The van der Waals surface area contributed by atoms with Crippen LogP contribution in [0.1, 0.15) is 11.1 Å². The molecule has 0 spiro atoms. The van der Waals surface area contributed by atoms with Crippen LogP contribution in [-0.4, -0.2) is 14.7 Å². The van der Waals surface area contributed by atoms with Crippen LogP contribution in [0.2, 0.25) is 5.02 Å². The molecule has 2 aromatic rings. The zero-order valence-corrected chi connectivity index (χ0v) is 11.1. The first-order valence-corrected chi connectivity index (χ1v) is 6.05. The lowest BCUT2D eigenvalue weighted by atomic mass is 10.1. The fourth-order valence-corrected chi connectivity index (χ4v) is 2.02. The number of nitro benzene ring substituents is 1. The van der Waals surface area contributed by atoms with E-state index >= 15 is 0 Å². The summed E-state index contributed by atoms with van der Waals surface area (Å²) in [5, 5.41) is 18.5. The van der Waals surface area contributed by atoms with Crippen LogP contribution in [0.5, 0.6) is 0 Å². The van der Waals surface area contributed by atoms with E-state index in [1.165, 1.54) is 6.07 Å². The van der Waals surface area contributed by atoms with Gasteiger partial charge < -0.3 is 5.32 Å². The van der Waals surface area contributed by atoms with E-state index in [0.717, 1.165) is 5.56 Å². The molecule has 1 aromatic carbocycles. The first kappa shape index (κ1) is 13.5. The van der Waals surface area contributed by atoms with Crippen molar-refractivity contribution in [1.29, 1.82) is 0 Å². The predicted octanol–water partition coefficient (Wildman–Crippen LogP) is 2.27. The Bertz CT molecular complexity index is 597. The van der Waals surface area contributed by atoms with Crippen LogP contribution >= 0.6 is 11.6 Å². The van der Waals surface area contributed by atoms with Gasteiger partial charge in [-0.1, -0.05) is 17.7 Å². The average molecular weight is 281 g/mol. The van der Waals surface area contributed by atoms with Gasteiger partial charge in [-0.05, 0) is 6.07 Å². The molecule has 0 atom stereocenters. The molecule has 6 nitrogen and oxygen atoms in total. The van der Waals surface area contributed by atoms with Gasteiger partial charge in [-0.25, -0.2) is 0 Å². The van der Waals surface area contributed by atoms with Gasteiger partial charge in [-0.2, -0.15) is 5.10 Å². The minimum atomic E-state index is -0.424. The van der Waals surface area contributed by atoms with Crippen molar-refractivity contribution in [3.05, 3.63) is 56.9 Å². The Labute approximate surface area is 115 Å². The highest BCUT2D eigenvalue weighted by Crippen LogP contribution is 2.25. The Hall–Kier alpha value is -1.92. The number of aromatic nitrogens is 2. The normalized spacial score (nSPS) is 10.6. The highest BCUT2D eigenvalue weighted by molar-refractivity contribution is 6.31. The van der Waals surface area contributed by atoms with Crippen molar-refractivity contribution >= 4 is 17.3 Å². The van der Waals surface area contributed by atoms with Crippen LogP contribution in [0.3, 0.4) is 0 Å². The maximum absolute atomic E-state index is 10.9. The molecule has 0 saturated carbocycles. The lowest BCUT2D eigenvalue weighted by Gasteiger charge is -2.06. The third-order valence-electron chi connectivity index (χ3n) is 2.68. The van der Waals surface area contributed by atoms with Gasteiger partial charge in [-0.3, -0.25) is 14.8 Å². The van der Waals surface area contributed by atoms with Crippen molar-refractivity contribution in [2.75, 3.05) is 0 Å². The summed E-state index contributed by atoms with van der Waals surface area (Å²) in [6.45, 7) is 0.918. The number of benzene rings is 1. The summed E-state index contributed by atoms with van der Waals surface area (Å²) in [6.07, 6.45) is 3.63. The molecule has 1 N–H and O–H groups in total. The zero-order valence-electron chi connectivity index (χ0n) is 10.3. The molecule has 0 fully saturated rings. The second-order valence-electron chi connectivity index (χ2n) is 4.12. The van der Waals surface area contributed by atoms with Crippen molar-refractivity contribution < 1.29 is 4.92 Å². The minimum absolute atomic E-state index is 0.0335. The van der Waals surface area contributed by atoms with E-state index in [1.54, 1.807) is 23.0 Å². The van der Waals surface area contributed by atoms with E-state index in [2.05, 4.69) is 10.4 Å². The number of rotatable bonds is 5. The van der Waals surface area contributed by atoms with Gasteiger partial charge in [0.25, 0.3) is 5.69 Å². The summed E-state index contributed by atoms with van der Waals surface area (Å²) in [7, 11) is 1.84. The largest absolute Gasteiger partial charge is 0.308 e. The summed E-state index contributed by atoms with van der Waals surface area (Å²) in [5.41, 5.74) is 1.54. The Morgan fingerprint density at radius 2 is 2.26 bits per heavy atom. The molecule has 1 aromatic heterocycles. The number of aryl methyl sites for hydroxylation is 1. The maximum Gasteiger partial charge on any atom is 0.275 e. The number of hydrogen-bond donors (Lipinski definition) is 1. The Kier molecular flexibility index (Phi) is 4.13. The lowest BCUT2D eigenvalue weighted by Crippen LogP contribution is -2.14. The Balaban J connectivity index is 2.05. The van der Waals surface area contributed by atoms with Gasteiger partial charge in [0, 0.05) is 38.0 Å². The fraction of sp³-hybridized carbons (Fsp3) is 0.250. The standard InChI is InChI=1S/C12H13ClN4O2/c1-16-8-9(6-15-16)5-14-7-10-11(13)3-2-4-12(10)17(18)19/h2-4,6,8,14H,5,7H2,1H3. The van der Waals surface area contributed by atoms with Crippen molar-refractivity contribution in [2.24, 2.45) is 7.05 Å². The molecule has 0 aliphatic heterocycles. The van der Waals surface area contributed by atoms with Gasteiger partial charge in [0.05, 0.1) is 21.7 Å². The predicted molar refractivity (Wildman–Crippen MR) is 71.9 cm³/mol. The lowest BCUT2D eigenvalue weighted by molar-refractivity contribution is -0.385. The van der Waals surface area contributed by atoms with Crippen molar-refractivity contribution in [3.63, 3.8) is 0 Å². The topological polar surface area (TPSA) is 73.0 Å². The fourth-order valence-electron chi connectivity index (χ4n) is 1.79. The van der Waals surface area contributed by atoms with E-state index < -0.39 is 4.92 Å². The van der Waals surface area contributed by atoms with Crippen LogP contribution in [0.4, 0.5) is 5.69 Å². The third kappa shape index (κ3) is 3.30. The molecule has 0 saturated heterocycles. The maximum atomic E-state index is 10.9. The van der Waals surface area contributed by atoms with Crippen LogP contribution in [0.25, 0.3) is 0 Å². The van der Waals surface area contributed by atoms with Gasteiger partial charge in [0.2, 0.25) is 0 Å². The molecule has 7 heteroatoms. The summed E-state index contributed by atoms with van der Waals surface area (Å²) in [5.74, 6) is 0. The summed E-state index contributed by atoms with van der Waals surface area (Å²) >= 11 is 6.00. The van der Waals surface area contributed by atoms with Crippen LogP contribution < -0.4 is 5.32 Å². The smallest absolute Gasteiger partial charge is 0.275 e. The monoisotopic (exact) mass is 280 g/mol. The molecule has 2 rings (SSSR count).